The number of aromatic amines is 1. The van der Waals surface area contributed by atoms with E-state index in [1.54, 1.807) is 13.3 Å². The summed E-state index contributed by atoms with van der Waals surface area (Å²) >= 11 is 0. The summed E-state index contributed by atoms with van der Waals surface area (Å²) in [5, 5.41) is 4.03. The van der Waals surface area contributed by atoms with E-state index in [2.05, 4.69) is 16.4 Å². The number of ether oxygens (including phenoxy) is 1. The Morgan fingerprint density at radius 3 is 2.82 bits per heavy atom. The number of amides is 1. The van der Waals surface area contributed by atoms with Crippen LogP contribution in [0.3, 0.4) is 0 Å². The first-order chi connectivity index (χ1) is 13.6. The summed E-state index contributed by atoms with van der Waals surface area (Å²) in [5.41, 5.74) is 12.0. The number of fused-ring (bicyclic) bond motifs is 2. The van der Waals surface area contributed by atoms with Gasteiger partial charge in [0.15, 0.2) is 0 Å². The number of aromatic nitrogens is 2. The number of nitrogens with zero attached hydrogens (tertiary/aromatic N) is 1. The third kappa shape index (κ3) is 2.46. The first-order valence-corrected chi connectivity index (χ1v) is 8.89. The number of hydrogen-bond acceptors (Lipinski definition) is 3. The third-order valence-corrected chi connectivity index (χ3v) is 5.04. The van der Waals surface area contributed by atoms with E-state index < -0.39 is 0 Å². The van der Waals surface area contributed by atoms with Gasteiger partial charge in [-0.2, -0.15) is 0 Å². The first-order valence-electron chi connectivity index (χ1n) is 8.89. The lowest BCUT2D eigenvalue weighted by Crippen LogP contribution is -2.04. The zero-order chi connectivity index (χ0) is 19.3. The molecule has 0 saturated heterocycles. The topological polar surface area (TPSA) is 85.1 Å². The van der Waals surface area contributed by atoms with Crippen LogP contribution in [0, 0.1) is 0 Å². The summed E-state index contributed by atoms with van der Waals surface area (Å²) in [6, 6.07) is 13.7. The van der Waals surface area contributed by atoms with Crippen LogP contribution in [0.5, 0.6) is 5.75 Å². The molecule has 0 saturated carbocycles. The van der Waals surface area contributed by atoms with Crippen LogP contribution < -0.4 is 15.8 Å². The molecule has 1 aliphatic heterocycles. The van der Waals surface area contributed by atoms with E-state index >= 15 is 0 Å². The Morgan fingerprint density at radius 1 is 1.11 bits per heavy atom. The van der Waals surface area contributed by atoms with E-state index in [1.807, 2.05) is 59.6 Å². The number of anilines is 2. The number of carbonyl (C=O) groups is 1. The maximum atomic E-state index is 12.7. The van der Waals surface area contributed by atoms with Crippen LogP contribution in [0.1, 0.15) is 5.56 Å². The zero-order valence-electron chi connectivity index (χ0n) is 15.2. The molecule has 6 heteroatoms. The number of nitrogens with two attached hydrogens (primary N) is 1. The molecular formula is C22H18N4O2. The number of methoxy groups -OCH3 is 1. The van der Waals surface area contributed by atoms with Gasteiger partial charge in [-0.25, -0.2) is 0 Å². The zero-order valence-corrected chi connectivity index (χ0v) is 15.2. The molecule has 2 aromatic carbocycles. The fourth-order valence-corrected chi connectivity index (χ4v) is 3.69. The minimum atomic E-state index is -0.155. The Bertz CT molecular complexity index is 1260. The normalized spacial score (nSPS) is 14.5. The van der Waals surface area contributed by atoms with E-state index in [1.165, 1.54) is 0 Å². The standard InChI is InChI=1S/C22H18N4O2/c1-28-15-7-9-26(11-15)12-16-21-19(25-22(16)27)5-3-17(23)20(21)14-2-4-18-13(10-14)6-8-24-18/h2-12,24H,23H2,1H3,(H,25,27). The Hall–Kier alpha value is -3.93. The van der Waals surface area contributed by atoms with Gasteiger partial charge in [-0.3, -0.25) is 4.79 Å². The monoisotopic (exact) mass is 370 g/mol. The van der Waals surface area contributed by atoms with Gasteiger partial charge in [-0.05, 0) is 47.3 Å². The van der Waals surface area contributed by atoms with E-state index in [0.717, 1.165) is 39.0 Å². The van der Waals surface area contributed by atoms with Crippen molar-refractivity contribution < 1.29 is 9.53 Å². The van der Waals surface area contributed by atoms with Crippen LogP contribution in [0.2, 0.25) is 0 Å². The highest BCUT2D eigenvalue weighted by Crippen LogP contribution is 2.43. The lowest BCUT2D eigenvalue weighted by Gasteiger charge is -2.12. The number of carbonyl (C=O) groups excluding carboxylic acids is 1. The van der Waals surface area contributed by atoms with Crippen LogP contribution in [-0.2, 0) is 4.79 Å². The van der Waals surface area contributed by atoms with Crippen molar-refractivity contribution in [2.75, 3.05) is 18.2 Å². The van der Waals surface area contributed by atoms with Gasteiger partial charge < -0.3 is 25.3 Å². The highest BCUT2D eigenvalue weighted by Gasteiger charge is 2.29. The van der Waals surface area contributed by atoms with Crippen molar-refractivity contribution in [3.63, 3.8) is 0 Å². The molecule has 4 N–H and O–H groups in total. The minimum Gasteiger partial charge on any atom is -0.495 e. The number of hydrogen-bond donors (Lipinski definition) is 3. The molecule has 0 fully saturated rings. The van der Waals surface area contributed by atoms with Gasteiger partial charge in [0, 0.05) is 46.6 Å². The quantitative estimate of drug-likeness (QED) is 0.374. The molecule has 6 nitrogen and oxygen atoms in total. The molecule has 5 rings (SSSR count). The largest absolute Gasteiger partial charge is 0.495 e. The van der Waals surface area contributed by atoms with Crippen molar-refractivity contribution in [2.24, 2.45) is 0 Å². The van der Waals surface area contributed by atoms with Crippen molar-refractivity contribution in [2.45, 2.75) is 0 Å². The molecule has 1 aliphatic rings. The second-order valence-corrected chi connectivity index (χ2v) is 6.73. The lowest BCUT2D eigenvalue weighted by atomic mass is 9.93. The molecule has 0 bridgehead atoms. The van der Waals surface area contributed by atoms with E-state index in [-0.39, 0.29) is 5.91 Å². The Labute approximate surface area is 161 Å². The molecule has 1 amide bonds. The number of rotatable bonds is 3. The number of benzene rings is 2. The van der Waals surface area contributed by atoms with Crippen LogP contribution in [0.15, 0.2) is 61.1 Å². The van der Waals surface area contributed by atoms with Crippen molar-refractivity contribution in [1.82, 2.24) is 9.55 Å². The molecule has 0 radical (unpaired) electrons. The van der Waals surface area contributed by atoms with E-state index in [9.17, 15) is 4.79 Å². The van der Waals surface area contributed by atoms with Crippen molar-refractivity contribution in [3.05, 3.63) is 66.6 Å². The SMILES string of the molecule is COc1ccn(C=C2C(=O)Nc3ccc(N)c(-c4ccc5[nH]ccc5c4)c32)c1. The molecule has 0 unspecified atom stereocenters. The number of H-pyrrole nitrogens is 1. The van der Waals surface area contributed by atoms with Gasteiger partial charge in [0.05, 0.1) is 18.9 Å². The maximum Gasteiger partial charge on any atom is 0.257 e. The molecule has 138 valence electrons. The summed E-state index contributed by atoms with van der Waals surface area (Å²) in [4.78, 5) is 15.9. The second kappa shape index (κ2) is 6.06. The van der Waals surface area contributed by atoms with Crippen LogP contribution in [-0.4, -0.2) is 22.6 Å². The van der Waals surface area contributed by atoms with Gasteiger partial charge in [0.2, 0.25) is 0 Å². The molecule has 3 heterocycles. The Kier molecular flexibility index (Phi) is 3.52. The lowest BCUT2D eigenvalue weighted by molar-refractivity contribution is -0.110. The average molecular weight is 370 g/mol. The van der Waals surface area contributed by atoms with E-state index in [0.29, 0.717) is 11.3 Å². The van der Waals surface area contributed by atoms with E-state index in [4.69, 9.17) is 10.5 Å². The molecule has 0 spiro atoms. The summed E-state index contributed by atoms with van der Waals surface area (Å²) in [7, 11) is 1.61. The predicted octanol–water partition coefficient (Wildman–Crippen LogP) is 4.18. The van der Waals surface area contributed by atoms with Crippen molar-refractivity contribution in [3.8, 4) is 16.9 Å². The molecule has 0 aliphatic carbocycles. The van der Waals surface area contributed by atoms with Gasteiger partial charge in [-0.15, -0.1) is 0 Å². The molecule has 28 heavy (non-hydrogen) atoms. The average Bonchev–Trinajstić information content (AvgIpc) is 3.41. The van der Waals surface area contributed by atoms with Gasteiger partial charge in [0.1, 0.15) is 5.75 Å². The fourth-order valence-electron chi connectivity index (χ4n) is 3.69. The summed E-state index contributed by atoms with van der Waals surface area (Å²) in [5.74, 6) is 0.568. The fraction of sp³-hybridized carbons (Fsp3) is 0.0455. The molecular weight excluding hydrogens is 352 g/mol. The van der Waals surface area contributed by atoms with Crippen LogP contribution in [0.4, 0.5) is 11.4 Å². The molecule has 0 atom stereocenters. The van der Waals surface area contributed by atoms with Crippen LogP contribution >= 0.6 is 0 Å². The van der Waals surface area contributed by atoms with Crippen molar-refractivity contribution in [1.29, 1.82) is 0 Å². The second-order valence-electron chi connectivity index (χ2n) is 6.73. The number of nitrogens with one attached hydrogen (secondary N) is 2. The van der Waals surface area contributed by atoms with Gasteiger partial charge in [-0.1, -0.05) is 6.07 Å². The predicted molar refractivity (Wildman–Crippen MR) is 112 cm³/mol. The number of nitrogen functional groups attached to an aromatic ring is 1. The summed E-state index contributed by atoms with van der Waals surface area (Å²) < 4.78 is 7.04. The molecule has 4 aromatic rings. The maximum absolute atomic E-state index is 12.7. The van der Waals surface area contributed by atoms with Crippen LogP contribution in [0.25, 0.3) is 33.8 Å². The van der Waals surface area contributed by atoms with Gasteiger partial charge in [0.25, 0.3) is 5.91 Å². The smallest absolute Gasteiger partial charge is 0.257 e. The molecule has 2 aromatic heterocycles. The Balaban J connectivity index is 1.72. The summed E-state index contributed by atoms with van der Waals surface area (Å²) in [6.07, 6.45) is 7.36. The highest BCUT2D eigenvalue weighted by molar-refractivity contribution is 6.36. The minimum absolute atomic E-state index is 0.155. The highest BCUT2D eigenvalue weighted by atomic mass is 16.5. The first kappa shape index (κ1) is 16.3. The Morgan fingerprint density at radius 2 is 2.00 bits per heavy atom. The van der Waals surface area contributed by atoms with Crippen molar-refractivity contribution >= 4 is 40.0 Å². The summed E-state index contributed by atoms with van der Waals surface area (Å²) in [6.45, 7) is 0. The third-order valence-electron chi connectivity index (χ3n) is 5.04. The van der Waals surface area contributed by atoms with Gasteiger partial charge >= 0.3 is 0 Å².